The maximum absolute atomic E-state index is 9.88. The quantitative estimate of drug-likeness (QED) is 0.719. The number of aryl methyl sites for hydroxylation is 2. The van der Waals surface area contributed by atoms with Gasteiger partial charge >= 0.3 is 0 Å². The number of benzene rings is 1. The Balaban J connectivity index is 1.60. The summed E-state index contributed by atoms with van der Waals surface area (Å²) in [6, 6.07) is 7.82. The normalized spacial score (nSPS) is 12.3. The molecule has 0 saturated heterocycles. The maximum atomic E-state index is 9.88. The summed E-state index contributed by atoms with van der Waals surface area (Å²) in [7, 11) is 1.91. The largest absolute Gasteiger partial charge is 0.491 e. The molecule has 1 unspecified atom stereocenters. The number of nitrogens with one attached hydrogen (secondary N) is 1. The average Bonchev–Trinajstić information content (AvgIpc) is 2.87. The van der Waals surface area contributed by atoms with Crippen LogP contribution in [0.1, 0.15) is 11.1 Å². The third kappa shape index (κ3) is 5.57. The van der Waals surface area contributed by atoms with E-state index < -0.39 is 6.10 Å². The molecular weight excluding hydrogens is 266 g/mol. The van der Waals surface area contributed by atoms with Crippen LogP contribution in [0.3, 0.4) is 0 Å². The second-order valence-electron chi connectivity index (χ2n) is 5.26. The summed E-state index contributed by atoms with van der Waals surface area (Å²) in [5, 5.41) is 17.2. The van der Waals surface area contributed by atoms with Crippen LogP contribution >= 0.6 is 0 Å². The molecule has 0 saturated carbocycles. The van der Waals surface area contributed by atoms with E-state index in [2.05, 4.69) is 10.4 Å². The van der Waals surface area contributed by atoms with Crippen molar-refractivity contribution in [1.82, 2.24) is 15.1 Å². The molecule has 0 spiro atoms. The molecule has 1 heterocycles. The van der Waals surface area contributed by atoms with Crippen molar-refractivity contribution < 1.29 is 9.84 Å². The van der Waals surface area contributed by atoms with E-state index in [-0.39, 0.29) is 0 Å². The van der Waals surface area contributed by atoms with Gasteiger partial charge in [-0.2, -0.15) is 5.10 Å². The molecule has 2 N–H and O–H groups in total. The zero-order chi connectivity index (χ0) is 15.1. The first kappa shape index (κ1) is 15.5. The molecule has 1 atom stereocenters. The van der Waals surface area contributed by atoms with Gasteiger partial charge < -0.3 is 15.2 Å². The first-order valence-electron chi connectivity index (χ1n) is 7.19. The third-order valence-corrected chi connectivity index (χ3v) is 3.16. The molecule has 1 aromatic heterocycles. The van der Waals surface area contributed by atoms with Gasteiger partial charge in [0, 0.05) is 19.8 Å². The maximum Gasteiger partial charge on any atom is 0.119 e. The molecule has 0 amide bonds. The molecule has 2 aromatic rings. The Morgan fingerprint density at radius 3 is 3.00 bits per heavy atom. The number of nitrogens with zero attached hydrogens (tertiary/aromatic N) is 2. The summed E-state index contributed by atoms with van der Waals surface area (Å²) in [5.74, 6) is 0.796. The van der Waals surface area contributed by atoms with E-state index >= 15 is 0 Å². The Morgan fingerprint density at radius 1 is 1.43 bits per heavy atom. The molecule has 0 fully saturated rings. The highest BCUT2D eigenvalue weighted by molar-refractivity contribution is 5.27. The van der Waals surface area contributed by atoms with Crippen LogP contribution in [0, 0.1) is 6.92 Å². The van der Waals surface area contributed by atoms with Crippen LogP contribution in [0.25, 0.3) is 0 Å². The minimum atomic E-state index is -0.514. The number of aliphatic hydroxyl groups excluding tert-OH is 1. The van der Waals surface area contributed by atoms with Gasteiger partial charge in [-0.05, 0) is 43.1 Å². The molecule has 21 heavy (non-hydrogen) atoms. The molecule has 0 bridgehead atoms. The Hall–Kier alpha value is -1.85. The van der Waals surface area contributed by atoms with Crippen LogP contribution in [-0.4, -0.2) is 40.7 Å². The predicted octanol–water partition coefficient (Wildman–Crippen LogP) is 1.30. The third-order valence-electron chi connectivity index (χ3n) is 3.16. The second kappa shape index (κ2) is 7.81. The zero-order valence-electron chi connectivity index (χ0n) is 12.6. The molecule has 2 rings (SSSR count). The molecule has 5 heteroatoms. The lowest BCUT2D eigenvalue weighted by Crippen LogP contribution is -2.32. The van der Waals surface area contributed by atoms with Crippen molar-refractivity contribution in [2.45, 2.75) is 19.4 Å². The van der Waals surface area contributed by atoms with Gasteiger partial charge in [-0.25, -0.2) is 0 Å². The summed E-state index contributed by atoms with van der Waals surface area (Å²) >= 11 is 0. The molecular formula is C16H23N3O2. The van der Waals surface area contributed by atoms with Crippen molar-refractivity contribution in [1.29, 1.82) is 0 Å². The van der Waals surface area contributed by atoms with E-state index in [0.717, 1.165) is 24.3 Å². The molecule has 114 valence electrons. The van der Waals surface area contributed by atoms with Crippen molar-refractivity contribution in [3.8, 4) is 5.75 Å². The van der Waals surface area contributed by atoms with Gasteiger partial charge in [-0.3, -0.25) is 4.68 Å². The topological polar surface area (TPSA) is 59.3 Å². The lowest BCUT2D eigenvalue weighted by molar-refractivity contribution is 0.106. The van der Waals surface area contributed by atoms with Gasteiger partial charge in [0.25, 0.3) is 0 Å². The Morgan fingerprint density at radius 2 is 2.29 bits per heavy atom. The van der Waals surface area contributed by atoms with E-state index in [0.29, 0.717) is 13.2 Å². The van der Waals surface area contributed by atoms with Crippen molar-refractivity contribution in [3.05, 3.63) is 47.8 Å². The number of ether oxygens (including phenoxy) is 1. The van der Waals surface area contributed by atoms with Gasteiger partial charge in [-0.15, -0.1) is 0 Å². The molecule has 0 aliphatic carbocycles. The number of hydrogen-bond donors (Lipinski definition) is 2. The van der Waals surface area contributed by atoms with E-state index in [1.54, 1.807) is 4.68 Å². The van der Waals surface area contributed by atoms with E-state index in [4.69, 9.17) is 4.74 Å². The monoisotopic (exact) mass is 289 g/mol. The number of rotatable bonds is 8. The standard InChI is InChI=1S/C16H23N3O2/c1-13-4-3-5-16(8-13)21-12-15(20)10-17-7-6-14-9-18-19(2)11-14/h3-5,8-9,11,15,17,20H,6-7,10,12H2,1-2H3. The van der Waals surface area contributed by atoms with Crippen LogP contribution in [-0.2, 0) is 13.5 Å². The number of aromatic nitrogens is 2. The fourth-order valence-corrected chi connectivity index (χ4v) is 2.06. The smallest absolute Gasteiger partial charge is 0.119 e. The molecule has 0 radical (unpaired) electrons. The number of hydrogen-bond acceptors (Lipinski definition) is 4. The van der Waals surface area contributed by atoms with Crippen LogP contribution in [0.2, 0.25) is 0 Å². The minimum absolute atomic E-state index is 0.295. The predicted molar refractivity (Wildman–Crippen MR) is 82.5 cm³/mol. The van der Waals surface area contributed by atoms with Gasteiger partial charge in [0.15, 0.2) is 0 Å². The van der Waals surface area contributed by atoms with Gasteiger partial charge in [0.05, 0.1) is 6.20 Å². The molecule has 5 nitrogen and oxygen atoms in total. The second-order valence-corrected chi connectivity index (χ2v) is 5.26. The van der Waals surface area contributed by atoms with E-state index in [1.165, 1.54) is 5.56 Å². The van der Waals surface area contributed by atoms with Gasteiger partial charge in [-0.1, -0.05) is 12.1 Å². The lowest BCUT2D eigenvalue weighted by atomic mass is 10.2. The summed E-state index contributed by atoms with van der Waals surface area (Å²) in [6.07, 6.45) is 4.25. The summed E-state index contributed by atoms with van der Waals surface area (Å²) in [6.45, 7) is 3.64. The van der Waals surface area contributed by atoms with Crippen molar-refractivity contribution in [3.63, 3.8) is 0 Å². The Kier molecular flexibility index (Phi) is 5.78. The summed E-state index contributed by atoms with van der Waals surface area (Å²) < 4.78 is 7.36. The SMILES string of the molecule is Cc1cccc(OCC(O)CNCCc2cnn(C)c2)c1. The highest BCUT2D eigenvalue weighted by Gasteiger charge is 2.05. The van der Waals surface area contributed by atoms with Crippen LogP contribution in [0.4, 0.5) is 0 Å². The van der Waals surface area contributed by atoms with Gasteiger partial charge in [0.2, 0.25) is 0 Å². The van der Waals surface area contributed by atoms with Crippen LogP contribution < -0.4 is 10.1 Å². The van der Waals surface area contributed by atoms with Gasteiger partial charge in [0.1, 0.15) is 18.5 Å². The minimum Gasteiger partial charge on any atom is -0.491 e. The molecule has 1 aromatic carbocycles. The number of aliphatic hydroxyl groups is 1. The van der Waals surface area contributed by atoms with E-state index in [9.17, 15) is 5.11 Å². The first-order chi connectivity index (χ1) is 10.1. The highest BCUT2D eigenvalue weighted by Crippen LogP contribution is 2.12. The molecule has 0 aliphatic rings. The Bertz CT molecular complexity index is 554. The fourth-order valence-electron chi connectivity index (χ4n) is 2.06. The van der Waals surface area contributed by atoms with Crippen molar-refractivity contribution in [2.24, 2.45) is 7.05 Å². The summed E-state index contributed by atoms with van der Waals surface area (Å²) in [4.78, 5) is 0. The molecule has 0 aliphatic heterocycles. The first-order valence-corrected chi connectivity index (χ1v) is 7.19. The lowest BCUT2D eigenvalue weighted by Gasteiger charge is -2.13. The van der Waals surface area contributed by atoms with Crippen molar-refractivity contribution in [2.75, 3.05) is 19.7 Å². The average molecular weight is 289 g/mol. The summed E-state index contributed by atoms with van der Waals surface area (Å²) in [5.41, 5.74) is 2.34. The Labute approximate surface area is 125 Å². The highest BCUT2D eigenvalue weighted by atomic mass is 16.5. The zero-order valence-corrected chi connectivity index (χ0v) is 12.6. The van der Waals surface area contributed by atoms with Crippen LogP contribution in [0.15, 0.2) is 36.7 Å². The fraction of sp³-hybridized carbons (Fsp3) is 0.438. The van der Waals surface area contributed by atoms with E-state index in [1.807, 2.05) is 50.6 Å². The van der Waals surface area contributed by atoms with Crippen molar-refractivity contribution >= 4 is 0 Å². The van der Waals surface area contributed by atoms with Crippen LogP contribution in [0.5, 0.6) is 5.75 Å².